The summed E-state index contributed by atoms with van der Waals surface area (Å²) < 4.78 is 31.4. The van der Waals surface area contributed by atoms with E-state index in [0.717, 1.165) is 0 Å². The van der Waals surface area contributed by atoms with E-state index in [2.05, 4.69) is 6.58 Å². The van der Waals surface area contributed by atoms with Crippen molar-refractivity contribution in [1.29, 1.82) is 0 Å². The number of piperazine rings is 1. The molecule has 2 N–H and O–H groups in total. The summed E-state index contributed by atoms with van der Waals surface area (Å²) in [7, 11) is -3.90. The van der Waals surface area contributed by atoms with Crippen molar-refractivity contribution in [2.24, 2.45) is 11.7 Å². The van der Waals surface area contributed by atoms with Crippen LogP contribution < -0.4 is 5.73 Å². The second kappa shape index (κ2) is 7.16. The Kier molecular flexibility index (Phi) is 5.07. The molecule has 0 atom stereocenters. The Morgan fingerprint density at radius 3 is 2.26 bits per heavy atom. The number of hydrogen-bond donors (Lipinski definition) is 1. The van der Waals surface area contributed by atoms with Gasteiger partial charge in [-0.3, -0.25) is 14.4 Å². The molecular weight excluding hydrogens is 376 g/mol. The largest absolute Gasteiger partial charge is 0.438 e. The Hall–Kier alpha value is -2.66. The lowest BCUT2D eigenvalue weighted by Crippen LogP contribution is -2.59. The van der Waals surface area contributed by atoms with E-state index in [9.17, 15) is 22.8 Å². The molecule has 2 saturated heterocycles. The Balaban J connectivity index is 1.57. The fourth-order valence-corrected chi connectivity index (χ4v) is 4.40. The third-order valence-electron chi connectivity index (χ3n) is 4.69. The monoisotopic (exact) mass is 396 g/mol. The van der Waals surface area contributed by atoms with Gasteiger partial charge >= 0.3 is 0 Å². The molecule has 0 spiro atoms. The van der Waals surface area contributed by atoms with E-state index < -0.39 is 15.9 Å². The summed E-state index contributed by atoms with van der Waals surface area (Å²) in [5.41, 5.74) is 5.07. The van der Waals surface area contributed by atoms with Crippen molar-refractivity contribution in [2.45, 2.75) is 5.09 Å². The average Bonchev–Trinajstić information content (AvgIpc) is 3.11. The molecule has 10 nitrogen and oxygen atoms in total. The SMILES string of the molecule is C=CC(=O)N1CC(C(=O)N2CCN(S(=O)(=O)c3ccc(C(N)=O)o3)CC2)C1. The van der Waals surface area contributed by atoms with Crippen LogP contribution >= 0.6 is 0 Å². The van der Waals surface area contributed by atoms with Gasteiger partial charge in [0.1, 0.15) is 0 Å². The minimum atomic E-state index is -3.90. The van der Waals surface area contributed by atoms with Crippen molar-refractivity contribution in [3.05, 3.63) is 30.5 Å². The quantitative estimate of drug-likeness (QED) is 0.625. The number of carbonyl (C=O) groups is 3. The lowest BCUT2D eigenvalue weighted by Gasteiger charge is -2.42. The molecule has 2 aliphatic rings. The standard InChI is InChI=1S/C16H20N4O6S/c1-2-13(21)19-9-11(10-19)16(23)18-5-7-20(8-6-18)27(24,25)14-4-3-12(26-14)15(17)22/h2-4,11H,1,5-10H2,(H2,17,22). The van der Waals surface area contributed by atoms with Crippen molar-refractivity contribution < 1.29 is 27.2 Å². The minimum absolute atomic E-state index is 0.0887. The van der Waals surface area contributed by atoms with E-state index in [4.69, 9.17) is 10.2 Å². The van der Waals surface area contributed by atoms with Gasteiger partial charge in [-0.15, -0.1) is 0 Å². The third-order valence-corrected chi connectivity index (χ3v) is 6.46. The number of sulfonamides is 1. The van der Waals surface area contributed by atoms with Crippen LogP contribution in [0, 0.1) is 5.92 Å². The Morgan fingerprint density at radius 2 is 1.74 bits per heavy atom. The highest BCUT2D eigenvalue weighted by Crippen LogP contribution is 2.23. The van der Waals surface area contributed by atoms with Gasteiger partial charge in [-0.2, -0.15) is 4.31 Å². The Morgan fingerprint density at radius 1 is 1.11 bits per heavy atom. The molecule has 146 valence electrons. The van der Waals surface area contributed by atoms with Gasteiger partial charge in [-0.25, -0.2) is 8.42 Å². The number of furan rings is 1. The van der Waals surface area contributed by atoms with Gasteiger partial charge in [0.15, 0.2) is 5.76 Å². The molecule has 0 saturated carbocycles. The van der Waals surface area contributed by atoms with Crippen LogP contribution in [0.3, 0.4) is 0 Å². The van der Waals surface area contributed by atoms with Crippen LogP contribution in [0.15, 0.2) is 34.3 Å². The predicted molar refractivity (Wildman–Crippen MR) is 92.8 cm³/mol. The van der Waals surface area contributed by atoms with Gasteiger partial charge in [0.25, 0.3) is 15.9 Å². The van der Waals surface area contributed by atoms with Crippen LogP contribution in [0.5, 0.6) is 0 Å². The molecule has 3 heterocycles. The molecule has 0 unspecified atom stereocenters. The summed E-state index contributed by atoms with van der Waals surface area (Å²) in [6.45, 7) is 4.83. The number of hydrogen-bond acceptors (Lipinski definition) is 6. The van der Waals surface area contributed by atoms with Crippen LogP contribution in [-0.2, 0) is 19.6 Å². The molecule has 0 aliphatic carbocycles. The zero-order valence-electron chi connectivity index (χ0n) is 14.5. The van der Waals surface area contributed by atoms with Crippen LogP contribution in [0.2, 0.25) is 0 Å². The van der Waals surface area contributed by atoms with Gasteiger partial charge in [0.2, 0.25) is 16.9 Å². The molecule has 2 fully saturated rings. The molecular formula is C16H20N4O6S. The number of primary amides is 1. The lowest BCUT2D eigenvalue weighted by atomic mass is 9.98. The maximum atomic E-state index is 12.6. The van der Waals surface area contributed by atoms with Gasteiger partial charge in [0.05, 0.1) is 5.92 Å². The van der Waals surface area contributed by atoms with E-state index in [1.165, 1.54) is 27.4 Å². The maximum Gasteiger partial charge on any atom is 0.284 e. The molecule has 27 heavy (non-hydrogen) atoms. The second-order valence-electron chi connectivity index (χ2n) is 6.36. The first-order valence-electron chi connectivity index (χ1n) is 8.34. The highest BCUT2D eigenvalue weighted by molar-refractivity contribution is 7.89. The molecule has 0 radical (unpaired) electrons. The van der Waals surface area contributed by atoms with Crippen LogP contribution in [-0.4, -0.2) is 79.5 Å². The molecule has 0 aromatic carbocycles. The number of likely N-dealkylation sites (tertiary alicyclic amines) is 1. The maximum absolute atomic E-state index is 12.6. The molecule has 1 aromatic rings. The lowest BCUT2D eigenvalue weighted by molar-refractivity contribution is -0.147. The highest BCUT2D eigenvalue weighted by Gasteiger charge is 2.39. The predicted octanol–water partition coefficient (Wildman–Crippen LogP) is -1.14. The van der Waals surface area contributed by atoms with E-state index >= 15 is 0 Å². The summed E-state index contributed by atoms with van der Waals surface area (Å²) in [5, 5.41) is -0.353. The summed E-state index contributed by atoms with van der Waals surface area (Å²) in [5.74, 6) is -1.64. The minimum Gasteiger partial charge on any atom is -0.438 e. The average molecular weight is 396 g/mol. The first-order valence-corrected chi connectivity index (χ1v) is 9.78. The van der Waals surface area contributed by atoms with Gasteiger partial charge in [-0.1, -0.05) is 6.58 Å². The molecule has 3 amide bonds. The van der Waals surface area contributed by atoms with Crippen molar-refractivity contribution in [3.63, 3.8) is 0 Å². The second-order valence-corrected chi connectivity index (χ2v) is 8.23. The van der Waals surface area contributed by atoms with E-state index in [0.29, 0.717) is 13.1 Å². The van der Waals surface area contributed by atoms with Crippen LogP contribution in [0.4, 0.5) is 0 Å². The smallest absolute Gasteiger partial charge is 0.284 e. The van der Waals surface area contributed by atoms with E-state index in [1.807, 2.05) is 0 Å². The number of carbonyl (C=O) groups excluding carboxylic acids is 3. The Labute approximate surface area is 156 Å². The van der Waals surface area contributed by atoms with E-state index in [-0.39, 0.29) is 54.8 Å². The summed E-state index contributed by atoms with van der Waals surface area (Å²) >= 11 is 0. The normalized spacial score (nSPS) is 18.8. The molecule has 2 aliphatic heterocycles. The first-order chi connectivity index (χ1) is 12.7. The van der Waals surface area contributed by atoms with Crippen molar-refractivity contribution in [2.75, 3.05) is 39.3 Å². The summed E-state index contributed by atoms with van der Waals surface area (Å²) in [6.07, 6.45) is 1.21. The zero-order valence-corrected chi connectivity index (χ0v) is 15.4. The number of rotatable bonds is 5. The molecule has 3 rings (SSSR count). The van der Waals surface area contributed by atoms with Gasteiger partial charge < -0.3 is 20.0 Å². The number of amides is 3. The number of nitrogens with two attached hydrogens (primary N) is 1. The fraction of sp³-hybridized carbons (Fsp3) is 0.438. The summed E-state index contributed by atoms with van der Waals surface area (Å²) in [6, 6.07) is 2.40. The third kappa shape index (κ3) is 3.60. The Bertz CT molecular complexity index is 878. The van der Waals surface area contributed by atoms with Gasteiger partial charge in [0, 0.05) is 39.3 Å². The van der Waals surface area contributed by atoms with Crippen molar-refractivity contribution in [3.8, 4) is 0 Å². The highest BCUT2D eigenvalue weighted by atomic mass is 32.2. The van der Waals surface area contributed by atoms with Gasteiger partial charge in [-0.05, 0) is 18.2 Å². The molecule has 11 heteroatoms. The number of nitrogens with zero attached hydrogens (tertiary/aromatic N) is 3. The fourth-order valence-electron chi connectivity index (χ4n) is 3.07. The van der Waals surface area contributed by atoms with E-state index in [1.54, 1.807) is 4.90 Å². The first kappa shape index (κ1) is 19.1. The summed E-state index contributed by atoms with van der Waals surface area (Å²) in [4.78, 5) is 38.1. The zero-order chi connectivity index (χ0) is 19.8. The molecule has 0 bridgehead atoms. The van der Waals surface area contributed by atoms with Crippen LogP contribution in [0.1, 0.15) is 10.6 Å². The van der Waals surface area contributed by atoms with Crippen molar-refractivity contribution in [1.82, 2.24) is 14.1 Å². The topological polar surface area (TPSA) is 134 Å². The molecule has 1 aromatic heterocycles. The van der Waals surface area contributed by atoms with Crippen LogP contribution in [0.25, 0.3) is 0 Å². The van der Waals surface area contributed by atoms with Crippen molar-refractivity contribution >= 4 is 27.7 Å².